The van der Waals surface area contributed by atoms with Crippen molar-refractivity contribution in [3.8, 4) is 6.07 Å². The summed E-state index contributed by atoms with van der Waals surface area (Å²) in [5.41, 5.74) is 3.67. The molecule has 0 amide bonds. The smallest absolute Gasteiger partial charge is 0.206 e. The molecule has 2 aromatic heterocycles. The van der Waals surface area contributed by atoms with E-state index in [1.807, 2.05) is 18.2 Å². The number of benzene rings is 1. The van der Waals surface area contributed by atoms with Crippen molar-refractivity contribution in [2.45, 2.75) is 25.4 Å². The van der Waals surface area contributed by atoms with E-state index in [1.165, 1.54) is 12.8 Å². The number of para-hydroxylation sites is 2. The van der Waals surface area contributed by atoms with Crippen molar-refractivity contribution in [1.82, 2.24) is 19.9 Å². The summed E-state index contributed by atoms with van der Waals surface area (Å²) < 4.78 is 2.26. The van der Waals surface area contributed by atoms with Gasteiger partial charge in [0.2, 0.25) is 5.95 Å². The lowest BCUT2D eigenvalue weighted by molar-refractivity contribution is 0.369. The van der Waals surface area contributed by atoms with Crippen molar-refractivity contribution in [1.29, 1.82) is 5.26 Å². The lowest BCUT2D eigenvalue weighted by atomic mass is 9.93. The fourth-order valence-electron chi connectivity index (χ4n) is 4.42. The molecule has 3 aromatic rings. The molecule has 2 atom stereocenters. The molecule has 0 unspecified atom stereocenters. The van der Waals surface area contributed by atoms with Gasteiger partial charge in [-0.3, -0.25) is 4.98 Å². The zero-order valence-corrected chi connectivity index (χ0v) is 15.2. The molecule has 2 aliphatic rings. The van der Waals surface area contributed by atoms with Gasteiger partial charge in [0, 0.05) is 25.3 Å². The van der Waals surface area contributed by atoms with Gasteiger partial charge in [0.25, 0.3) is 0 Å². The molecule has 2 aliphatic heterocycles. The molecule has 0 bridgehead atoms. The second kappa shape index (κ2) is 6.67. The first-order chi connectivity index (χ1) is 13.3. The monoisotopic (exact) mass is 358 g/mol. The van der Waals surface area contributed by atoms with Gasteiger partial charge in [-0.2, -0.15) is 5.26 Å². The van der Waals surface area contributed by atoms with Crippen LogP contribution >= 0.6 is 0 Å². The van der Waals surface area contributed by atoms with E-state index in [4.69, 9.17) is 10.2 Å². The number of aromatic nitrogens is 3. The van der Waals surface area contributed by atoms with Crippen molar-refractivity contribution < 1.29 is 0 Å². The summed E-state index contributed by atoms with van der Waals surface area (Å²) in [5, 5.41) is 12.6. The third kappa shape index (κ3) is 2.94. The quantitative estimate of drug-likeness (QED) is 0.779. The van der Waals surface area contributed by atoms with Gasteiger partial charge in [-0.1, -0.05) is 12.1 Å². The Labute approximate surface area is 158 Å². The van der Waals surface area contributed by atoms with Crippen LogP contribution in [0.3, 0.4) is 0 Å². The number of imidazole rings is 1. The molecule has 0 spiro atoms. The molecule has 5 rings (SSSR count). The normalized spacial score (nSPS) is 22.0. The highest BCUT2D eigenvalue weighted by molar-refractivity contribution is 5.79. The van der Waals surface area contributed by atoms with Crippen molar-refractivity contribution in [3.05, 3.63) is 53.9 Å². The largest absolute Gasteiger partial charge is 0.341 e. The maximum Gasteiger partial charge on any atom is 0.206 e. The zero-order valence-electron chi connectivity index (χ0n) is 15.2. The van der Waals surface area contributed by atoms with Gasteiger partial charge in [-0.25, -0.2) is 4.98 Å². The molecule has 6 nitrogen and oxygen atoms in total. The fraction of sp³-hybridized carbons (Fsp3) is 0.381. The number of hydrogen-bond donors (Lipinski definition) is 1. The van der Waals surface area contributed by atoms with Crippen molar-refractivity contribution in [3.63, 3.8) is 0 Å². The summed E-state index contributed by atoms with van der Waals surface area (Å²) in [5.74, 6) is 1.83. The second-order valence-electron chi connectivity index (χ2n) is 7.48. The number of nitrogens with one attached hydrogen (secondary N) is 1. The van der Waals surface area contributed by atoms with E-state index in [-0.39, 0.29) is 0 Å². The third-order valence-corrected chi connectivity index (χ3v) is 5.87. The standard InChI is InChI=1S/C21H22N6/c22-11-15-5-6-17(24-12-15)13-27-20-4-2-1-3-18(20)25-21(27)26-10-8-16-7-9-23-19(16)14-26/h1-6,12,16,19,23H,7-10,13-14H2/t16-,19-/m0/s1. The Morgan fingerprint density at radius 1 is 1.19 bits per heavy atom. The summed E-state index contributed by atoms with van der Waals surface area (Å²) in [4.78, 5) is 11.8. The van der Waals surface area contributed by atoms with Crippen molar-refractivity contribution in [2.75, 3.05) is 24.5 Å². The number of nitrogens with zero attached hydrogens (tertiary/aromatic N) is 5. The molecule has 1 aromatic carbocycles. The van der Waals surface area contributed by atoms with Crippen LogP contribution in [0.5, 0.6) is 0 Å². The van der Waals surface area contributed by atoms with Gasteiger partial charge in [0.1, 0.15) is 6.07 Å². The summed E-state index contributed by atoms with van der Waals surface area (Å²) >= 11 is 0. The highest BCUT2D eigenvalue weighted by atomic mass is 15.3. The summed E-state index contributed by atoms with van der Waals surface area (Å²) in [6, 6.07) is 14.7. The minimum absolute atomic E-state index is 0.569. The van der Waals surface area contributed by atoms with Crippen LogP contribution in [-0.2, 0) is 6.54 Å². The number of anilines is 1. The molecular weight excluding hydrogens is 336 g/mol. The predicted molar refractivity (Wildman–Crippen MR) is 105 cm³/mol. The van der Waals surface area contributed by atoms with E-state index in [2.05, 4.69) is 44.0 Å². The van der Waals surface area contributed by atoms with E-state index in [9.17, 15) is 0 Å². The molecule has 0 aliphatic carbocycles. The van der Waals surface area contributed by atoms with Crippen LogP contribution in [0.2, 0.25) is 0 Å². The molecule has 27 heavy (non-hydrogen) atoms. The first-order valence-corrected chi connectivity index (χ1v) is 9.60. The predicted octanol–water partition coefficient (Wildman–Crippen LogP) is 2.54. The maximum atomic E-state index is 9.00. The summed E-state index contributed by atoms with van der Waals surface area (Å²) in [6.45, 7) is 3.84. The topological polar surface area (TPSA) is 69.8 Å². The average molecular weight is 358 g/mol. The van der Waals surface area contributed by atoms with E-state index < -0.39 is 0 Å². The maximum absolute atomic E-state index is 9.00. The number of piperidine rings is 1. The first-order valence-electron chi connectivity index (χ1n) is 9.60. The number of rotatable bonds is 3. The summed E-state index contributed by atoms with van der Waals surface area (Å²) in [7, 11) is 0. The molecule has 136 valence electrons. The Hall–Kier alpha value is -2.91. The van der Waals surface area contributed by atoms with Crippen LogP contribution in [-0.4, -0.2) is 40.2 Å². The van der Waals surface area contributed by atoms with E-state index in [0.29, 0.717) is 18.2 Å². The van der Waals surface area contributed by atoms with E-state index >= 15 is 0 Å². The van der Waals surface area contributed by atoms with Crippen LogP contribution < -0.4 is 10.2 Å². The highest BCUT2D eigenvalue weighted by Crippen LogP contribution is 2.30. The second-order valence-corrected chi connectivity index (χ2v) is 7.48. The molecule has 2 fully saturated rings. The van der Waals surface area contributed by atoms with Crippen LogP contribution in [0.1, 0.15) is 24.1 Å². The van der Waals surface area contributed by atoms with Gasteiger partial charge in [-0.15, -0.1) is 0 Å². The average Bonchev–Trinajstić information content (AvgIpc) is 3.33. The SMILES string of the molecule is N#Cc1ccc(Cn2c(N3CC[C@@H]4CCN[C@H]4C3)nc3ccccc32)nc1. The highest BCUT2D eigenvalue weighted by Gasteiger charge is 2.34. The Morgan fingerprint density at radius 3 is 2.96 bits per heavy atom. The number of hydrogen-bond acceptors (Lipinski definition) is 5. The van der Waals surface area contributed by atoms with E-state index in [1.54, 1.807) is 6.20 Å². The molecule has 4 heterocycles. The molecule has 2 saturated heterocycles. The molecular formula is C21H22N6. The number of pyridine rings is 1. The fourth-order valence-corrected chi connectivity index (χ4v) is 4.42. The summed E-state index contributed by atoms with van der Waals surface area (Å²) in [6.07, 6.45) is 4.15. The molecule has 6 heteroatoms. The number of nitriles is 1. The minimum atomic E-state index is 0.569. The van der Waals surface area contributed by atoms with Crippen LogP contribution in [0, 0.1) is 17.2 Å². The Kier molecular flexibility index (Phi) is 4.02. The Balaban J connectivity index is 1.51. The third-order valence-electron chi connectivity index (χ3n) is 5.87. The molecule has 0 radical (unpaired) electrons. The molecule has 0 saturated carbocycles. The van der Waals surface area contributed by atoms with Crippen molar-refractivity contribution in [2.24, 2.45) is 5.92 Å². The Bertz CT molecular complexity index is 1000. The lowest BCUT2D eigenvalue weighted by Crippen LogP contribution is -2.47. The van der Waals surface area contributed by atoms with Crippen LogP contribution in [0.25, 0.3) is 11.0 Å². The van der Waals surface area contributed by atoms with E-state index in [0.717, 1.165) is 48.2 Å². The first kappa shape index (κ1) is 16.3. The lowest BCUT2D eigenvalue weighted by Gasteiger charge is -2.35. The van der Waals surface area contributed by atoms with Gasteiger partial charge in [-0.05, 0) is 49.6 Å². The molecule has 1 N–H and O–H groups in total. The number of fused-ring (bicyclic) bond motifs is 2. The van der Waals surface area contributed by atoms with Gasteiger partial charge in [0.05, 0.1) is 28.8 Å². The van der Waals surface area contributed by atoms with Crippen LogP contribution in [0.4, 0.5) is 5.95 Å². The minimum Gasteiger partial charge on any atom is -0.341 e. The van der Waals surface area contributed by atoms with Gasteiger partial charge < -0.3 is 14.8 Å². The van der Waals surface area contributed by atoms with Crippen LogP contribution in [0.15, 0.2) is 42.6 Å². The van der Waals surface area contributed by atoms with Crippen molar-refractivity contribution >= 4 is 17.0 Å². The zero-order chi connectivity index (χ0) is 18.2. The van der Waals surface area contributed by atoms with Gasteiger partial charge in [0.15, 0.2) is 0 Å². The Morgan fingerprint density at radius 2 is 2.11 bits per heavy atom. The van der Waals surface area contributed by atoms with Gasteiger partial charge >= 0.3 is 0 Å².